The number of rotatable bonds is 2. The molecule has 1 aromatic heterocycles. The first-order valence-electron chi connectivity index (χ1n) is 7.36. The number of carboxylic acids is 1. The second-order valence-corrected chi connectivity index (χ2v) is 5.74. The second kappa shape index (κ2) is 5.30. The molecule has 2 atom stereocenters. The van der Waals surface area contributed by atoms with Crippen molar-refractivity contribution in [1.82, 2.24) is 9.78 Å². The molecule has 132 valence electrons. The highest BCUT2D eigenvalue weighted by atomic mass is 19.4. The predicted octanol–water partition coefficient (Wildman–Crippen LogP) is 1.64. The summed E-state index contributed by atoms with van der Waals surface area (Å²) in [6.07, 6.45) is -4.07. The van der Waals surface area contributed by atoms with Gasteiger partial charge in [0.25, 0.3) is 0 Å². The number of nitrogens with one attached hydrogen (secondary N) is 1. The Morgan fingerprint density at radius 1 is 1.32 bits per heavy atom. The molecule has 0 radical (unpaired) electrons. The third kappa shape index (κ3) is 2.53. The highest BCUT2D eigenvalue weighted by Gasteiger charge is 2.47. The van der Waals surface area contributed by atoms with Crippen LogP contribution in [0.1, 0.15) is 34.4 Å². The van der Waals surface area contributed by atoms with Gasteiger partial charge < -0.3 is 24.7 Å². The van der Waals surface area contributed by atoms with E-state index in [1.807, 2.05) is 0 Å². The Morgan fingerprint density at radius 2 is 2.08 bits per heavy atom. The lowest BCUT2D eigenvalue weighted by Crippen LogP contribution is -2.36. The quantitative estimate of drug-likeness (QED) is 0.882. The van der Waals surface area contributed by atoms with E-state index in [1.54, 1.807) is 18.2 Å². The van der Waals surface area contributed by atoms with Crippen LogP contribution in [0.25, 0.3) is 0 Å². The molecular formula is C15H11F3N3O4-. The summed E-state index contributed by atoms with van der Waals surface area (Å²) in [5, 5.41) is 17.6. The van der Waals surface area contributed by atoms with Crippen molar-refractivity contribution in [1.29, 1.82) is 0 Å². The summed E-state index contributed by atoms with van der Waals surface area (Å²) in [6.45, 7) is 0.0453. The molecule has 0 spiro atoms. The van der Waals surface area contributed by atoms with Crippen molar-refractivity contribution in [3.05, 3.63) is 35.5 Å². The van der Waals surface area contributed by atoms with Crippen molar-refractivity contribution in [2.75, 3.05) is 12.1 Å². The highest BCUT2D eigenvalue weighted by molar-refractivity contribution is 5.91. The molecule has 1 N–H and O–H groups in total. The largest absolute Gasteiger partial charge is 0.545 e. The van der Waals surface area contributed by atoms with Crippen LogP contribution < -0.4 is 19.9 Å². The monoisotopic (exact) mass is 354 g/mol. The fraction of sp³-hybridized carbons (Fsp3) is 0.333. The molecule has 2 aliphatic rings. The Balaban J connectivity index is 1.76. The van der Waals surface area contributed by atoms with Crippen molar-refractivity contribution >= 4 is 11.8 Å². The fourth-order valence-electron chi connectivity index (χ4n) is 3.06. The van der Waals surface area contributed by atoms with E-state index in [-0.39, 0.29) is 19.0 Å². The third-order valence-electron chi connectivity index (χ3n) is 4.26. The Morgan fingerprint density at radius 3 is 2.80 bits per heavy atom. The van der Waals surface area contributed by atoms with E-state index < -0.39 is 29.8 Å². The number of hydrogen-bond donors (Lipinski definition) is 1. The molecule has 0 unspecified atom stereocenters. The average Bonchev–Trinajstić information content (AvgIpc) is 3.18. The van der Waals surface area contributed by atoms with E-state index in [2.05, 4.69) is 10.4 Å². The fourth-order valence-corrected chi connectivity index (χ4v) is 3.06. The summed E-state index contributed by atoms with van der Waals surface area (Å²) in [7, 11) is 0. The van der Waals surface area contributed by atoms with Gasteiger partial charge >= 0.3 is 6.18 Å². The zero-order valence-corrected chi connectivity index (χ0v) is 12.5. The average molecular weight is 354 g/mol. The number of fused-ring (bicyclic) bond motifs is 2. The van der Waals surface area contributed by atoms with Gasteiger partial charge in [-0.2, -0.15) is 18.3 Å². The van der Waals surface area contributed by atoms with Gasteiger partial charge in [0.1, 0.15) is 5.82 Å². The van der Waals surface area contributed by atoms with Gasteiger partial charge in [-0.1, -0.05) is 6.07 Å². The predicted molar refractivity (Wildman–Crippen MR) is 75.2 cm³/mol. The summed E-state index contributed by atoms with van der Waals surface area (Å²) in [5.41, 5.74) is 0.106. The van der Waals surface area contributed by atoms with Crippen LogP contribution >= 0.6 is 0 Å². The number of anilines is 1. The minimum atomic E-state index is -4.58. The maximum atomic E-state index is 13.4. The van der Waals surface area contributed by atoms with E-state index in [0.29, 0.717) is 21.7 Å². The first-order valence-corrected chi connectivity index (χ1v) is 7.36. The molecule has 3 heterocycles. The Bertz CT molecular complexity index is 849. The van der Waals surface area contributed by atoms with Crippen molar-refractivity contribution in [2.45, 2.75) is 24.7 Å². The lowest BCUT2D eigenvalue weighted by atomic mass is 9.96. The molecular weight excluding hydrogens is 343 g/mol. The molecule has 2 aliphatic heterocycles. The first kappa shape index (κ1) is 15.6. The number of carbonyl (C=O) groups excluding carboxylic acids is 1. The summed E-state index contributed by atoms with van der Waals surface area (Å²) in [6, 6.07) is 2.07. The zero-order valence-electron chi connectivity index (χ0n) is 12.5. The molecule has 0 amide bonds. The summed E-state index contributed by atoms with van der Waals surface area (Å²) >= 11 is 0. The van der Waals surface area contributed by atoms with Crippen molar-refractivity contribution in [3.63, 3.8) is 0 Å². The lowest BCUT2D eigenvalue weighted by Gasteiger charge is -2.34. The van der Waals surface area contributed by atoms with E-state index in [1.165, 1.54) is 0 Å². The molecule has 10 heteroatoms. The molecule has 0 saturated carbocycles. The molecule has 0 fully saturated rings. The first-order chi connectivity index (χ1) is 11.8. The number of ether oxygens (including phenoxy) is 2. The van der Waals surface area contributed by atoms with Crippen LogP contribution in [0.2, 0.25) is 0 Å². The summed E-state index contributed by atoms with van der Waals surface area (Å²) in [4.78, 5) is 11.2. The maximum absolute atomic E-state index is 13.4. The van der Waals surface area contributed by atoms with Crippen LogP contribution in [0.5, 0.6) is 11.5 Å². The van der Waals surface area contributed by atoms with Gasteiger partial charge in [0, 0.05) is 6.42 Å². The van der Waals surface area contributed by atoms with Crippen LogP contribution in [0.3, 0.4) is 0 Å². The number of hydrogen-bond acceptors (Lipinski definition) is 6. The molecule has 7 nitrogen and oxygen atoms in total. The molecule has 0 saturated heterocycles. The number of carboxylic acid groups (broad SMARTS) is 1. The molecule has 0 aliphatic carbocycles. The lowest BCUT2D eigenvalue weighted by molar-refractivity contribution is -0.255. The smallest absolute Gasteiger partial charge is 0.410 e. The number of halogens is 3. The second-order valence-electron chi connectivity index (χ2n) is 5.74. The number of benzene rings is 1. The number of carbonyl (C=O) groups is 1. The number of aromatic carboxylic acids is 1. The molecule has 25 heavy (non-hydrogen) atoms. The van der Waals surface area contributed by atoms with Crippen LogP contribution in [-0.2, 0) is 0 Å². The van der Waals surface area contributed by atoms with Gasteiger partial charge in [0.2, 0.25) is 6.79 Å². The number of alkyl halides is 3. The topological polar surface area (TPSA) is 88.4 Å². The van der Waals surface area contributed by atoms with E-state index in [0.717, 1.165) is 6.20 Å². The van der Waals surface area contributed by atoms with Gasteiger partial charge in [-0.25, -0.2) is 4.68 Å². The van der Waals surface area contributed by atoms with E-state index >= 15 is 0 Å². The van der Waals surface area contributed by atoms with E-state index in [9.17, 15) is 23.1 Å². The van der Waals surface area contributed by atoms with Gasteiger partial charge in [-0.15, -0.1) is 0 Å². The van der Waals surface area contributed by atoms with Crippen LogP contribution in [0, 0.1) is 0 Å². The van der Waals surface area contributed by atoms with E-state index in [4.69, 9.17) is 9.47 Å². The Kier molecular flexibility index (Phi) is 3.31. The highest BCUT2D eigenvalue weighted by Crippen LogP contribution is 2.45. The van der Waals surface area contributed by atoms with Crippen LogP contribution in [0.4, 0.5) is 19.0 Å². The maximum Gasteiger partial charge on any atom is 0.410 e. The van der Waals surface area contributed by atoms with Gasteiger partial charge in [0.15, 0.2) is 17.5 Å². The minimum Gasteiger partial charge on any atom is -0.545 e. The van der Waals surface area contributed by atoms with Gasteiger partial charge in [0.05, 0.1) is 23.8 Å². The summed E-state index contributed by atoms with van der Waals surface area (Å²) < 4.78 is 51.4. The van der Waals surface area contributed by atoms with Crippen molar-refractivity contribution in [2.24, 2.45) is 0 Å². The normalized spacial score (nSPS) is 21.6. The van der Waals surface area contributed by atoms with Crippen molar-refractivity contribution < 1.29 is 32.5 Å². The third-order valence-corrected chi connectivity index (χ3v) is 4.26. The molecule has 4 rings (SSSR count). The zero-order chi connectivity index (χ0) is 17.8. The molecule has 0 bridgehead atoms. The SMILES string of the molecule is O=C([O-])c1cnn2c1N[C@@H](c1ccc3c(c1)OCO3)C[C@H]2C(F)(F)F. The van der Waals surface area contributed by atoms with Crippen molar-refractivity contribution in [3.8, 4) is 11.5 Å². The Labute approximate surface area is 139 Å². The molecule has 1 aromatic carbocycles. The van der Waals surface area contributed by atoms with Crippen LogP contribution in [-0.4, -0.2) is 28.7 Å². The van der Waals surface area contributed by atoms with Gasteiger partial charge in [-0.05, 0) is 17.7 Å². The molecule has 2 aromatic rings. The minimum absolute atomic E-state index is 0.0453. The summed E-state index contributed by atoms with van der Waals surface area (Å²) in [5.74, 6) is -0.883. The van der Waals surface area contributed by atoms with Crippen LogP contribution in [0.15, 0.2) is 24.4 Å². The van der Waals surface area contributed by atoms with Gasteiger partial charge in [-0.3, -0.25) is 0 Å². The Hall–Kier alpha value is -2.91. The number of aromatic nitrogens is 2. The number of nitrogens with zero attached hydrogens (tertiary/aromatic N) is 2. The standard InChI is InChI=1S/C15H12F3N3O4/c16-15(17,18)12-4-9(7-1-2-10-11(3-7)25-6-24-10)20-13-8(14(22)23)5-19-21(12)13/h1-3,5,9,12,20H,4,6H2,(H,22,23)/p-1/t9-,12+/m1/s1.